The van der Waals surface area contributed by atoms with Gasteiger partial charge in [0.15, 0.2) is 5.69 Å². The molecule has 0 fully saturated rings. The molecule has 0 aliphatic rings. The van der Waals surface area contributed by atoms with Crippen LogP contribution >= 0.6 is 0 Å². The number of carbonyl (C=O) groups is 1. The number of anilines is 1. The summed E-state index contributed by atoms with van der Waals surface area (Å²) in [7, 11) is 0. The summed E-state index contributed by atoms with van der Waals surface area (Å²) in [6.07, 6.45) is 6.11. The first-order valence-corrected chi connectivity index (χ1v) is 4.21. The number of hydrogen-bond acceptors (Lipinski definition) is 6. The van der Waals surface area contributed by atoms with Crippen LogP contribution in [0.4, 0.5) is 6.01 Å². The number of hydrogen-bond donors (Lipinski definition) is 1. The van der Waals surface area contributed by atoms with E-state index in [0.717, 1.165) is 0 Å². The summed E-state index contributed by atoms with van der Waals surface area (Å²) >= 11 is 0. The van der Waals surface area contributed by atoms with E-state index in [1.54, 1.807) is 6.92 Å². The van der Waals surface area contributed by atoms with Gasteiger partial charge in [-0.05, 0) is 6.92 Å². The molecule has 0 saturated carbocycles. The van der Waals surface area contributed by atoms with E-state index in [-0.39, 0.29) is 24.9 Å². The second-order valence-electron chi connectivity index (χ2n) is 2.35. The number of nitrogens with zero attached hydrogens (tertiary/aromatic N) is 1. The fraction of sp³-hybridized carbons (Fsp3) is 0.333. The second kappa shape index (κ2) is 5.67. The Labute approximate surface area is 86.5 Å². The fourth-order valence-electron chi connectivity index (χ4n) is 0.759. The summed E-state index contributed by atoms with van der Waals surface area (Å²) in [5.41, 5.74) is 2.41. The zero-order valence-corrected chi connectivity index (χ0v) is 8.15. The molecule has 6 nitrogen and oxygen atoms in total. The maximum atomic E-state index is 11.1. The Balaban J connectivity index is 2.49. The van der Waals surface area contributed by atoms with Crippen molar-refractivity contribution in [3.8, 4) is 12.3 Å². The van der Waals surface area contributed by atoms with Gasteiger partial charge < -0.3 is 9.15 Å². The number of ether oxygens (including phenoxy) is 1. The van der Waals surface area contributed by atoms with Crippen LogP contribution in [0.1, 0.15) is 17.4 Å². The van der Waals surface area contributed by atoms with Gasteiger partial charge in [0.05, 0.1) is 6.61 Å². The second-order valence-corrected chi connectivity index (χ2v) is 2.35. The van der Waals surface area contributed by atoms with Crippen LogP contribution in [-0.2, 0) is 9.57 Å². The van der Waals surface area contributed by atoms with Gasteiger partial charge in [-0.15, -0.1) is 6.42 Å². The van der Waals surface area contributed by atoms with Gasteiger partial charge >= 0.3 is 12.0 Å². The molecule has 0 saturated heterocycles. The van der Waals surface area contributed by atoms with Crippen LogP contribution in [0.3, 0.4) is 0 Å². The molecule has 0 spiro atoms. The third-order valence-corrected chi connectivity index (χ3v) is 1.30. The van der Waals surface area contributed by atoms with Crippen molar-refractivity contribution < 1.29 is 18.8 Å². The highest BCUT2D eigenvalue weighted by molar-refractivity contribution is 5.87. The van der Waals surface area contributed by atoms with Gasteiger partial charge in [-0.2, -0.15) is 4.98 Å². The van der Waals surface area contributed by atoms with E-state index in [9.17, 15) is 4.79 Å². The van der Waals surface area contributed by atoms with Crippen molar-refractivity contribution in [1.29, 1.82) is 0 Å². The Hall–Kier alpha value is -2.00. The zero-order chi connectivity index (χ0) is 11.1. The first-order valence-electron chi connectivity index (χ1n) is 4.21. The molecule has 0 amide bonds. The minimum atomic E-state index is -0.550. The summed E-state index contributed by atoms with van der Waals surface area (Å²) in [5, 5.41) is 0. The summed E-state index contributed by atoms with van der Waals surface area (Å²) in [6.45, 7) is 2.05. The number of rotatable bonds is 5. The van der Waals surface area contributed by atoms with Gasteiger partial charge in [-0.1, -0.05) is 5.92 Å². The standard InChI is InChI=1S/C9H10N2O4/c1-3-5-15-11-9-10-7(6-14-9)8(12)13-4-2/h1,6H,4-5H2,2H3,(H,10,11). The molecule has 0 aromatic carbocycles. The molecule has 0 aliphatic carbocycles. The van der Waals surface area contributed by atoms with Crippen LogP contribution in [-0.4, -0.2) is 24.2 Å². The van der Waals surface area contributed by atoms with E-state index >= 15 is 0 Å². The number of terminal acetylenes is 1. The zero-order valence-electron chi connectivity index (χ0n) is 8.15. The predicted octanol–water partition coefficient (Wildman–Crippen LogP) is 0.828. The average molecular weight is 210 g/mol. The van der Waals surface area contributed by atoms with E-state index in [0.29, 0.717) is 0 Å². The molecule has 0 unspecified atom stereocenters. The highest BCUT2D eigenvalue weighted by Crippen LogP contribution is 2.08. The lowest BCUT2D eigenvalue weighted by Crippen LogP contribution is -2.06. The summed E-state index contributed by atoms with van der Waals surface area (Å²) < 4.78 is 9.57. The molecule has 0 atom stereocenters. The third-order valence-electron chi connectivity index (χ3n) is 1.30. The molecule has 15 heavy (non-hydrogen) atoms. The normalized spacial score (nSPS) is 9.33. The maximum Gasteiger partial charge on any atom is 0.360 e. The lowest BCUT2D eigenvalue weighted by molar-refractivity contribution is 0.0519. The van der Waals surface area contributed by atoms with Crippen molar-refractivity contribution in [2.45, 2.75) is 6.92 Å². The maximum absolute atomic E-state index is 11.1. The van der Waals surface area contributed by atoms with Crippen molar-refractivity contribution >= 4 is 12.0 Å². The molecular formula is C9H10N2O4. The molecule has 6 heteroatoms. The van der Waals surface area contributed by atoms with Crippen molar-refractivity contribution in [3.05, 3.63) is 12.0 Å². The van der Waals surface area contributed by atoms with Crippen LogP contribution in [0.5, 0.6) is 0 Å². The van der Waals surface area contributed by atoms with Gasteiger partial charge in [-0.3, -0.25) is 4.84 Å². The quantitative estimate of drug-likeness (QED) is 0.336. The summed E-state index contributed by atoms with van der Waals surface area (Å²) in [4.78, 5) is 19.6. The smallest absolute Gasteiger partial charge is 0.360 e. The Morgan fingerprint density at radius 2 is 2.60 bits per heavy atom. The molecule has 0 aliphatic heterocycles. The number of carbonyl (C=O) groups excluding carboxylic acids is 1. The molecule has 80 valence electrons. The third kappa shape index (κ3) is 3.32. The number of esters is 1. The monoisotopic (exact) mass is 210 g/mol. The molecule has 1 aromatic heterocycles. The van der Waals surface area contributed by atoms with E-state index in [1.807, 2.05) is 0 Å². The van der Waals surface area contributed by atoms with Crippen LogP contribution < -0.4 is 5.48 Å². The van der Waals surface area contributed by atoms with Gasteiger partial charge in [0.2, 0.25) is 0 Å². The Morgan fingerprint density at radius 3 is 3.27 bits per heavy atom. The topological polar surface area (TPSA) is 73.6 Å². The van der Waals surface area contributed by atoms with Crippen molar-refractivity contribution in [3.63, 3.8) is 0 Å². The van der Waals surface area contributed by atoms with E-state index in [1.165, 1.54) is 6.26 Å². The number of oxazole rings is 1. The van der Waals surface area contributed by atoms with Gasteiger partial charge in [-0.25, -0.2) is 10.3 Å². The molecule has 1 heterocycles. The average Bonchev–Trinajstić information content (AvgIpc) is 2.67. The van der Waals surface area contributed by atoms with Crippen molar-refractivity contribution in [1.82, 2.24) is 4.98 Å². The van der Waals surface area contributed by atoms with Gasteiger partial charge in [0, 0.05) is 0 Å². The minimum Gasteiger partial charge on any atom is -0.461 e. The van der Waals surface area contributed by atoms with Crippen LogP contribution in [0.25, 0.3) is 0 Å². The van der Waals surface area contributed by atoms with Gasteiger partial charge in [0.25, 0.3) is 0 Å². The molecule has 0 bridgehead atoms. The molecular weight excluding hydrogens is 200 g/mol. The Morgan fingerprint density at radius 1 is 1.80 bits per heavy atom. The highest BCUT2D eigenvalue weighted by Gasteiger charge is 2.12. The SMILES string of the molecule is C#CCONc1nc(C(=O)OCC)co1. The first-order chi connectivity index (χ1) is 7.27. The van der Waals surface area contributed by atoms with E-state index in [2.05, 4.69) is 16.4 Å². The van der Waals surface area contributed by atoms with E-state index < -0.39 is 5.97 Å². The lowest BCUT2D eigenvalue weighted by atomic mass is 10.5. The Kier molecular flexibility index (Phi) is 4.19. The van der Waals surface area contributed by atoms with Crippen LogP contribution in [0.15, 0.2) is 10.7 Å². The molecule has 1 rings (SSSR count). The van der Waals surface area contributed by atoms with Crippen LogP contribution in [0.2, 0.25) is 0 Å². The number of nitrogens with one attached hydrogen (secondary N) is 1. The predicted molar refractivity (Wildman–Crippen MR) is 50.9 cm³/mol. The summed E-state index contributed by atoms with van der Waals surface area (Å²) in [6, 6.07) is 0.0494. The summed E-state index contributed by atoms with van der Waals surface area (Å²) in [5.74, 6) is 1.69. The largest absolute Gasteiger partial charge is 0.461 e. The first kappa shape index (κ1) is 11.1. The van der Waals surface area contributed by atoms with Crippen LogP contribution in [0, 0.1) is 12.3 Å². The van der Waals surface area contributed by atoms with Crippen molar-refractivity contribution in [2.75, 3.05) is 18.7 Å². The number of aromatic nitrogens is 1. The Bertz CT molecular complexity index is 366. The minimum absolute atomic E-state index is 0.0494. The fourth-order valence-corrected chi connectivity index (χ4v) is 0.759. The van der Waals surface area contributed by atoms with Crippen molar-refractivity contribution in [2.24, 2.45) is 0 Å². The molecule has 1 aromatic rings. The van der Waals surface area contributed by atoms with E-state index in [4.69, 9.17) is 20.4 Å². The molecule has 0 radical (unpaired) electrons. The highest BCUT2D eigenvalue weighted by atomic mass is 16.7. The lowest BCUT2D eigenvalue weighted by Gasteiger charge is -1.97. The van der Waals surface area contributed by atoms with Gasteiger partial charge in [0.1, 0.15) is 12.9 Å². The molecule has 1 N–H and O–H groups in total.